The first-order valence-corrected chi connectivity index (χ1v) is 17.3. The monoisotopic (exact) mass is 606 g/mol. The first-order chi connectivity index (χ1) is 22.2. The predicted octanol–water partition coefficient (Wildman–Crippen LogP) is 12.5. The smallest absolute Gasteiger partial charge is 0.0461 e. The van der Waals surface area contributed by atoms with Crippen LogP contribution >= 0.6 is 0 Å². The Bertz CT molecular complexity index is 1640. The zero-order chi connectivity index (χ0) is 32.3. The van der Waals surface area contributed by atoms with Gasteiger partial charge in [-0.1, -0.05) is 110 Å². The summed E-state index contributed by atoms with van der Waals surface area (Å²) in [6.45, 7) is 13.4. The first kappa shape index (κ1) is 31.7. The van der Waals surface area contributed by atoms with Crippen molar-refractivity contribution in [3.63, 3.8) is 0 Å². The molecule has 1 saturated carbocycles. The summed E-state index contributed by atoms with van der Waals surface area (Å²) in [6.07, 6.45) is 6.23. The van der Waals surface area contributed by atoms with Gasteiger partial charge in [0.2, 0.25) is 0 Å². The summed E-state index contributed by atoms with van der Waals surface area (Å²) in [4.78, 5) is 4.89. The van der Waals surface area contributed by atoms with Crippen molar-refractivity contribution in [1.82, 2.24) is 0 Å². The van der Waals surface area contributed by atoms with Gasteiger partial charge < -0.3 is 9.80 Å². The molecule has 0 unspecified atom stereocenters. The topological polar surface area (TPSA) is 6.48 Å². The van der Waals surface area contributed by atoms with Crippen LogP contribution in [-0.4, -0.2) is 6.04 Å². The highest BCUT2D eigenvalue weighted by Gasteiger charge is 2.36. The normalized spacial score (nSPS) is 15.0. The second-order valence-corrected chi connectivity index (χ2v) is 13.9. The van der Waals surface area contributed by atoms with Crippen molar-refractivity contribution in [3.05, 3.63) is 149 Å². The lowest BCUT2D eigenvalue weighted by Gasteiger charge is -2.40. The molecule has 0 N–H and O–H groups in total. The Morgan fingerprint density at radius 3 is 1.13 bits per heavy atom. The summed E-state index contributed by atoms with van der Waals surface area (Å²) < 4.78 is 0. The van der Waals surface area contributed by atoms with Crippen LogP contribution in [0.25, 0.3) is 0 Å². The van der Waals surface area contributed by atoms with E-state index in [2.05, 4.69) is 173 Å². The molecule has 5 aromatic carbocycles. The Morgan fingerprint density at radius 2 is 0.761 bits per heavy atom. The van der Waals surface area contributed by atoms with E-state index < -0.39 is 0 Å². The molecule has 236 valence electrons. The molecule has 0 heterocycles. The van der Waals surface area contributed by atoms with E-state index in [1.165, 1.54) is 88.4 Å². The second-order valence-electron chi connectivity index (χ2n) is 13.9. The lowest BCUT2D eigenvalue weighted by Crippen LogP contribution is -2.33. The molecule has 5 aromatic rings. The molecule has 0 amide bonds. The fourth-order valence-corrected chi connectivity index (χ4v) is 7.23. The minimum absolute atomic E-state index is 0.0339. The summed E-state index contributed by atoms with van der Waals surface area (Å²) in [5.74, 6) is 0.531. The minimum atomic E-state index is 0.0339. The molecular formula is C44H50N2. The Morgan fingerprint density at radius 1 is 0.435 bits per heavy atom. The predicted molar refractivity (Wildman–Crippen MR) is 199 cm³/mol. The quantitative estimate of drug-likeness (QED) is 0.165. The maximum Gasteiger partial charge on any atom is 0.0461 e. The molecule has 1 aliphatic rings. The summed E-state index contributed by atoms with van der Waals surface area (Å²) in [5, 5.41) is 0. The Hall–Kier alpha value is -4.30. The summed E-state index contributed by atoms with van der Waals surface area (Å²) in [5.41, 5.74) is 12.8. The molecule has 2 nitrogen and oxygen atoms in total. The first-order valence-electron chi connectivity index (χ1n) is 17.3. The van der Waals surface area contributed by atoms with E-state index >= 15 is 0 Å². The number of rotatable bonds is 9. The number of nitrogens with zero attached hydrogens (tertiary/aromatic N) is 2. The van der Waals surface area contributed by atoms with E-state index in [4.69, 9.17) is 0 Å². The van der Waals surface area contributed by atoms with Gasteiger partial charge in [-0.3, -0.25) is 0 Å². The third-order valence-electron chi connectivity index (χ3n) is 10.4. The van der Waals surface area contributed by atoms with Crippen molar-refractivity contribution in [2.75, 3.05) is 9.80 Å². The van der Waals surface area contributed by atoms with Crippen molar-refractivity contribution in [2.24, 2.45) is 5.92 Å². The summed E-state index contributed by atoms with van der Waals surface area (Å²) in [6, 6.07) is 46.2. The van der Waals surface area contributed by atoms with Crippen LogP contribution in [-0.2, 0) is 5.41 Å². The van der Waals surface area contributed by atoms with Crippen LogP contribution < -0.4 is 9.80 Å². The third kappa shape index (κ3) is 6.49. The zero-order valence-corrected chi connectivity index (χ0v) is 28.6. The lowest BCUT2D eigenvalue weighted by atomic mass is 9.65. The van der Waals surface area contributed by atoms with E-state index in [1.54, 1.807) is 0 Å². The van der Waals surface area contributed by atoms with Crippen molar-refractivity contribution < 1.29 is 0 Å². The van der Waals surface area contributed by atoms with Crippen LogP contribution in [0.4, 0.5) is 28.4 Å². The van der Waals surface area contributed by atoms with Gasteiger partial charge in [0, 0.05) is 39.9 Å². The summed E-state index contributed by atoms with van der Waals surface area (Å²) in [7, 11) is 0. The second kappa shape index (κ2) is 13.6. The van der Waals surface area contributed by atoms with Crippen LogP contribution in [0, 0.1) is 26.7 Å². The van der Waals surface area contributed by atoms with Crippen molar-refractivity contribution in [1.29, 1.82) is 0 Å². The molecule has 0 aliphatic heterocycles. The maximum atomic E-state index is 2.51. The molecule has 1 atom stereocenters. The van der Waals surface area contributed by atoms with E-state index in [0.717, 1.165) is 0 Å². The van der Waals surface area contributed by atoms with Crippen LogP contribution in [0.1, 0.15) is 80.7 Å². The molecule has 0 aromatic heterocycles. The molecule has 1 fully saturated rings. The van der Waals surface area contributed by atoms with E-state index in [9.17, 15) is 0 Å². The number of hydrogen-bond acceptors (Lipinski definition) is 2. The molecule has 6 rings (SSSR count). The largest absolute Gasteiger partial charge is 0.338 e. The highest BCUT2D eigenvalue weighted by Crippen LogP contribution is 2.47. The molecular weight excluding hydrogens is 556 g/mol. The fraction of sp³-hybridized carbons (Fsp3) is 0.318. The molecule has 2 heteroatoms. The van der Waals surface area contributed by atoms with Gasteiger partial charge in [0.15, 0.2) is 0 Å². The SMILES string of the molecule is Cc1ccc(N(c2ccc(C)cc2)c2ccc(C3(c4ccc(N(c5ccc(C)cc5)[C@H](C)C(C)C)cc4)CCCCC3)cc2)cc1. The van der Waals surface area contributed by atoms with Gasteiger partial charge in [0.05, 0.1) is 0 Å². The highest BCUT2D eigenvalue weighted by molar-refractivity contribution is 5.77. The van der Waals surface area contributed by atoms with Gasteiger partial charge in [-0.2, -0.15) is 0 Å². The van der Waals surface area contributed by atoms with Crippen molar-refractivity contribution in [2.45, 2.75) is 85.1 Å². The zero-order valence-electron chi connectivity index (χ0n) is 28.6. The average molecular weight is 607 g/mol. The fourth-order valence-electron chi connectivity index (χ4n) is 7.23. The minimum Gasteiger partial charge on any atom is -0.338 e. The summed E-state index contributed by atoms with van der Waals surface area (Å²) >= 11 is 0. The van der Waals surface area contributed by atoms with Gasteiger partial charge in [-0.05, 0) is 118 Å². The van der Waals surface area contributed by atoms with Crippen LogP contribution in [0.3, 0.4) is 0 Å². The Labute approximate surface area is 277 Å². The molecule has 1 aliphatic carbocycles. The van der Waals surface area contributed by atoms with Gasteiger partial charge in [0.25, 0.3) is 0 Å². The van der Waals surface area contributed by atoms with Crippen LogP contribution in [0.15, 0.2) is 121 Å². The molecule has 0 bridgehead atoms. The van der Waals surface area contributed by atoms with Crippen molar-refractivity contribution in [3.8, 4) is 0 Å². The number of anilines is 5. The highest BCUT2D eigenvalue weighted by atomic mass is 15.2. The average Bonchev–Trinajstić information content (AvgIpc) is 3.08. The van der Waals surface area contributed by atoms with E-state index in [0.29, 0.717) is 12.0 Å². The number of hydrogen-bond donors (Lipinski definition) is 0. The standard InChI is InChI=1S/C44H50N2/c1-32(2)36(6)45(39-20-10-33(3)11-21-39)40-26-16-37(17-27-40)44(30-8-7-9-31-44)38-18-28-43(29-19-38)46(41-22-12-34(4)13-23-41)42-24-14-35(5)15-25-42/h10-29,32,36H,7-9,30-31H2,1-6H3/t36-/m1/s1. The van der Waals surface area contributed by atoms with E-state index in [-0.39, 0.29) is 5.41 Å². The van der Waals surface area contributed by atoms with Crippen LogP contribution in [0.2, 0.25) is 0 Å². The van der Waals surface area contributed by atoms with Crippen molar-refractivity contribution >= 4 is 28.4 Å². The Balaban J connectivity index is 1.36. The van der Waals surface area contributed by atoms with Gasteiger partial charge in [-0.15, -0.1) is 0 Å². The Kier molecular flexibility index (Phi) is 9.36. The van der Waals surface area contributed by atoms with Gasteiger partial charge in [0.1, 0.15) is 0 Å². The maximum absolute atomic E-state index is 2.51. The lowest BCUT2D eigenvalue weighted by molar-refractivity contribution is 0.346. The van der Waals surface area contributed by atoms with E-state index in [1.807, 2.05) is 0 Å². The molecule has 0 spiro atoms. The molecule has 0 saturated heterocycles. The molecule has 0 radical (unpaired) electrons. The number of benzene rings is 5. The van der Waals surface area contributed by atoms with Crippen LogP contribution in [0.5, 0.6) is 0 Å². The van der Waals surface area contributed by atoms with Gasteiger partial charge in [-0.25, -0.2) is 0 Å². The van der Waals surface area contributed by atoms with Gasteiger partial charge >= 0.3 is 0 Å². The number of aryl methyl sites for hydroxylation is 3. The molecule has 46 heavy (non-hydrogen) atoms. The third-order valence-corrected chi connectivity index (χ3v) is 10.4.